The minimum atomic E-state index is -0.837. The highest BCUT2D eigenvalue weighted by atomic mass is 32.2. The topological polar surface area (TPSA) is 23.1 Å². The van der Waals surface area contributed by atoms with Crippen LogP contribution >= 0.6 is 0 Å². The molecule has 1 aromatic carbocycles. The average molecular weight is 154 g/mol. The van der Waals surface area contributed by atoms with E-state index in [1.807, 2.05) is 31.2 Å². The molecule has 0 saturated carbocycles. The lowest BCUT2D eigenvalue weighted by Gasteiger charge is -2.02. The number of aryl methyl sites for hydroxylation is 1. The van der Waals surface area contributed by atoms with E-state index in [-0.39, 0.29) is 0 Å². The van der Waals surface area contributed by atoms with E-state index in [4.69, 9.17) is 0 Å². The number of hydrogen-bond donors (Lipinski definition) is 0. The molecule has 0 aliphatic heterocycles. The summed E-state index contributed by atoms with van der Waals surface area (Å²) in [6, 6.07) is 7.73. The molecular weight excluding hydrogens is 144 g/mol. The van der Waals surface area contributed by atoms with Gasteiger partial charge in [-0.05, 0) is 30.2 Å². The van der Waals surface area contributed by atoms with Crippen LogP contribution in [-0.2, 0) is 11.2 Å². The lowest BCUT2D eigenvalue weighted by atomic mass is 10.2. The first-order chi connectivity index (χ1) is 4.70. The Labute approximate surface area is 64.3 Å². The summed E-state index contributed by atoms with van der Waals surface area (Å²) in [4.78, 5) is 0.894. The van der Waals surface area contributed by atoms with Crippen molar-refractivity contribution in [3.8, 4) is 0 Å². The van der Waals surface area contributed by atoms with E-state index >= 15 is 0 Å². The van der Waals surface area contributed by atoms with Crippen molar-refractivity contribution in [1.29, 1.82) is 0 Å². The molecule has 1 rings (SSSR count). The fraction of sp³-hybridized carbons (Fsp3) is 0.250. The van der Waals surface area contributed by atoms with Gasteiger partial charge in [0.05, 0.1) is 0 Å². The van der Waals surface area contributed by atoms with Crippen molar-refractivity contribution in [2.45, 2.75) is 11.8 Å². The van der Waals surface area contributed by atoms with Crippen molar-refractivity contribution in [2.24, 2.45) is 0 Å². The van der Waals surface area contributed by atoms with Crippen LogP contribution in [0.5, 0.6) is 0 Å². The number of hydrogen-bond acceptors (Lipinski definition) is 1. The highest BCUT2D eigenvalue weighted by Crippen LogP contribution is 2.08. The van der Waals surface area contributed by atoms with Gasteiger partial charge in [0, 0.05) is 0 Å². The fourth-order valence-corrected chi connectivity index (χ4v) is 1.25. The van der Waals surface area contributed by atoms with E-state index in [0.29, 0.717) is 0 Å². The number of rotatable bonds is 1. The van der Waals surface area contributed by atoms with Crippen LogP contribution < -0.4 is 0 Å². The van der Waals surface area contributed by atoms with Crippen LogP contribution in [0.3, 0.4) is 0 Å². The second-order valence-corrected chi connectivity index (χ2v) is 3.65. The Hall–Kier alpha value is -0.470. The zero-order chi connectivity index (χ0) is 7.56. The van der Waals surface area contributed by atoms with Crippen LogP contribution in [0.25, 0.3) is 0 Å². The normalized spacial score (nSPS) is 13.1. The summed E-state index contributed by atoms with van der Waals surface area (Å²) < 4.78 is 10.9. The van der Waals surface area contributed by atoms with Crippen molar-refractivity contribution in [3.63, 3.8) is 0 Å². The Balaban J connectivity index is 2.89. The van der Waals surface area contributed by atoms with Gasteiger partial charge in [-0.25, -0.2) is 0 Å². The molecule has 0 amide bonds. The summed E-state index contributed by atoms with van der Waals surface area (Å²) in [7, 11) is 0. The van der Waals surface area contributed by atoms with Crippen molar-refractivity contribution >= 4 is 11.2 Å². The maximum absolute atomic E-state index is 10.9. The molecule has 0 spiro atoms. The van der Waals surface area contributed by atoms with Crippen molar-refractivity contribution < 1.29 is 4.55 Å². The molecule has 0 aliphatic rings. The molecular formula is C8H10OS. The van der Waals surface area contributed by atoms with E-state index in [1.54, 1.807) is 6.26 Å². The lowest BCUT2D eigenvalue weighted by Crippen LogP contribution is -1.95. The first-order valence-corrected chi connectivity index (χ1v) is 4.66. The molecule has 0 aromatic heterocycles. The maximum atomic E-state index is 10.9. The largest absolute Gasteiger partial charge is 0.612 e. The summed E-state index contributed by atoms with van der Waals surface area (Å²) in [5.41, 5.74) is 1.20. The maximum Gasteiger partial charge on any atom is 0.152 e. The molecule has 2 heteroatoms. The van der Waals surface area contributed by atoms with E-state index in [1.165, 1.54) is 5.56 Å². The van der Waals surface area contributed by atoms with E-state index in [2.05, 4.69) is 0 Å². The monoisotopic (exact) mass is 154 g/mol. The van der Waals surface area contributed by atoms with Crippen LogP contribution in [0.2, 0.25) is 0 Å². The van der Waals surface area contributed by atoms with Crippen LogP contribution in [0.4, 0.5) is 0 Å². The van der Waals surface area contributed by atoms with E-state index < -0.39 is 11.2 Å². The summed E-state index contributed by atoms with van der Waals surface area (Å²) in [5.74, 6) is 0. The third kappa shape index (κ3) is 1.75. The third-order valence-corrected chi connectivity index (χ3v) is 2.29. The summed E-state index contributed by atoms with van der Waals surface area (Å²) in [6.07, 6.45) is 1.69. The van der Waals surface area contributed by atoms with E-state index in [0.717, 1.165) is 4.90 Å². The SMILES string of the molecule is Cc1ccc([S@+](C)[O-])cc1. The predicted molar refractivity (Wildman–Crippen MR) is 43.5 cm³/mol. The molecule has 0 heterocycles. The van der Waals surface area contributed by atoms with Gasteiger partial charge in [-0.15, -0.1) is 0 Å². The Kier molecular flexibility index (Phi) is 2.35. The van der Waals surface area contributed by atoms with Gasteiger partial charge in [0.2, 0.25) is 0 Å². The van der Waals surface area contributed by atoms with Gasteiger partial charge in [-0.2, -0.15) is 0 Å². The zero-order valence-electron chi connectivity index (χ0n) is 6.13. The van der Waals surface area contributed by atoms with E-state index in [9.17, 15) is 4.55 Å². The average Bonchev–Trinajstić information content (AvgIpc) is 1.88. The second-order valence-electron chi connectivity index (χ2n) is 2.27. The minimum Gasteiger partial charge on any atom is -0.612 e. The minimum absolute atomic E-state index is 0.837. The molecule has 1 aromatic rings. The summed E-state index contributed by atoms with van der Waals surface area (Å²) in [5, 5.41) is 0. The number of benzene rings is 1. The molecule has 0 bridgehead atoms. The van der Waals surface area contributed by atoms with Crippen LogP contribution in [0.15, 0.2) is 29.2 Å². The van der Waals surface area contributed by atoms with Gasteiger partial charge in [-0.1, -0.05) is 17.7 Å². The molecule has 0 fully saturated rings. The molecule has 0 aliphatic carbocycles. The van der Waals surface area contributed by atoms with Gasteiger partial charge in [-0.3, -0.25) is 0 Å². The molecule has 10 heavy (non-hydrogen) atoms. The first kappa shape index (κ1) is 7.63. The predicted octanol–water partition coefficient (Wildman–Crippen LogP) is 1.73. The molecule has 1 nitrogen and oxygen atoms in total. The Bertz CT molecular complexity index is 203. The Morgan fingerprint density at radius 2 is 1.70 bits per heavy atom. The molecule has 0 unspecified atom stereocenters. The van der Waals surface area contributed by atoms with Crippen LogP contribution in [0, 0.1) is 6.92 Å². The summed E-state index contributed by atoms with van der Waals surface area (Å²) in [6.45, 7) is 2.02. The second kappa shape index (κ2) is 3.08. The van der Waals surface area contributed by atoms with Crippen molar-refractivity contribution in [1.82, 2.24) is 0 Å². The smallest absolute Gasteiger partial charge is 0.152 e. The standard InChI is InChI=1S/C8H10OS/c1-7-3-5-8(6-4-7)10(2)9/h3-6H,1-2H3/t10-/m0/s1. The molecule has 0 N–H and O–H groups in total. The van der Waals surface area contributed by atoms with Gasteiger partial charge in [0.15, 0.2) is 4.90 Å². The van der Waals surface area contributed by atoms with Crippen LogP contribution in [-0.4, -0.2) is 10.8 Å². The quantitative estimate of drug-likeness (QED) is 0.565. The lowest BCUT2D eigenvalue weighted by molar-refractivity contribution is 0.601. The highest BCUT2D eigenvalue weighted by molar-refractivity contribution is 7.90. The van der Waals surface area contributed by atoms with Gasteiger partial charge in [0.1, 0.15) is 6.26 Å². The van der Waals surface area contributed by atoms with Crippen LogP contribution in [0.1, 0.15) is 5.56 Å². The fourth-order valence-electron chi connectivity index (χ4n) is 0.730. The highest BCUT2D eigenvalue weighted by Gasteiger charge is 2.00. The van der Waals surface area contributed by atoms with Crippen molar-refractivity contribution in [3.05, 3.63) is 29.8 Å². The molecule has 54 valence electrons. The zero-order valence-corrected chi connectivity index (χ0v) is 6.94. The van der Waals surface area contributed by atoms with Crippen molar-refractivity contribution in [2.75, 3.05) is 6.26 Å². The Morgan fingerprint density at radius 1 is 1.20 bits per heavy atom. The molecule has 1 atom stereocenters. The first-order valence-electron chi connectivity index (χ1n) is 3.10. The Morgan fingerprint density at radius 3 is 2.10 bits per heavy atom. The molecule has 0 saturated heterocycles. The summed E-state index contributed by atoms with van der Waals surface area (Å²) >= 11 is -0.837. The van der Waals surface area contributed by atoms with Gasteiger partial charge < -0.3 is 4.55 Å². The van der Waals surface area contributed by atoms with Gasteiger partial charge in [0.25, 0.3) is 0 Å². The molecule has 0 radical (unpaired) electrons. The van der Waals surface area contributed by atoms with Gasteiger partial charge >= 0.3 is 0 Å². The third-order valence-electron chi connectivity index (χ3n) is 1.35.